The van der Waals surface area contributed by atoms with Crippen molar-refractivity contribution >= 4 is 12.1 Å². The van der Waals surface area contributed by atoms with E-state index in [1.165, 1.54) is 6.08 Å². The Labute approximate surface area is 99.3 Å². The molecule has 0 aliphatic heterocycles. The standard InChI is InChI=1S/C11H17NO5/c1-11(2,3)17-10(16)12-7-4-6(9(14)15)5-8(7)13/h5,7-8,13H,4H2,1-3H3,(H,12,16)(H,14,15)/t7-,8+/m0/s1. The van der Waals surface area contributed by atoms with E-state index in [-0.39, 0.29) is 12.0 Å². The predicted molar refractivity (Wildman–Crippen MR) is 59.5 cm³/mol. The third kappa shape index (κ3) is 4.07. The first kappa shape index (κ1) is 13.5. The first-order valence-electron chi connectivity index (χ1n) is 5.30. The van der Waals surface area contributed by atoms with E-state index in [2.05, 4.69) is 5.32 Å². The molecule has 6 heteroatoms. The second-order valence-corrected chi connectivity index (χ2v) is 4.94. The minimum Gasteiger partial charge on any atom is -0.478 e. The second kappa shape index (κ2) is 4.75. The highest BCUT2D eigenvalue weighted by molar-refractivity contribution is 5.87. The van der Waals surface area contributed by atoms with E-state index in [4.69, 9.17) is 9.84 Å². The molecule has 3 N–H and O–H groups in total. The van der Waals surface area contributed by atoms with Crippen molar-refractivity contribution in [3.8, 4) is 0 Å². The Morgan fingerprint density at radius 2 is 2.06 bits per heavy atom. The molecule has 0 spiro atoms. The van der Waals surface area contributed by atoms with Crippen LogP contribution in [0.15, 0.2) is 11.6 Å². The van der Waals surface area contributed by atoms with Gasteiger partial charge in [0.1, 0.15) is 5.60 Å². The summed E-state index contributed by atoms with van der Waals surface area (Å²) in [7, 11) is 0. The lowest BCUT2D eigenvalue weighted by Crippen LogP contribution is -2.43. The van der Waals surface area contributed by atoms with Gasteiger partial charge in [-0.2, -0.15) is 0 Å². The first-order valence-corrected chi connectivity index (χ1v) is 5.30. The van der Waals surface area contributed by atoms with Gasteiger partial charge in [0.05, 0.1) is 12.1 Å². The van der Waals surface area contributed by atoms with Crippen LogP contribution in [0.2, 0.25) is 0 Å². The topological polar surface area (TPSA) is 95.9 Å². The van der Waals surface area contributed by atoms with Gasteiger partial charge in [0, 0.05) is 12.0 Å². The SMILES string of the molecule is CC(C)(C)OC(=O)N[C@H]1CC(C(=O)O)=C[C@H]1O. The normalized spacial score (nSPS) is 24.1. The van der Waals surface area contributed by atoms with Gasteiger partial charge in [0.15, 0.2) is 0 Å². The monoisotopic (exact) mass is 243 g/mol. The maximum absolute atomic E-state index is 11.4. The van der Waals surface area contributed by atoms with Crippen LogP contribution in [-0.4, -0.2) is 40.0 Å². The summed E-state index contributed by atoms with van der Waals surface area (Å²) >= 11 is 0. The molecule has 0 saturated carbocycles. The van der Waals surface area contributed by atoms with Crippen LogP contribution in [0.3, 0.4) is 0 Å². The largest absolute Gasteiger partial charge is 0.478 e. The molecular formula is C11H17NO5. The summed E-state index contributed by atoms with van der Waals surface area (Å²) in [5.41, 5.74) is -0.532. The lowest BCUT2D eigenvalue weighted by atomic mass is 10.1. The maximum Gasteiger partial charge on any atom is 0.407 e. The van der Waals surface area contributed by atoms with E-state index in [9.17, 15) is 14.7 Å². The number of hydrogen-bond acceptors (Lipinski definition) is 4. The van der Waals surface area contributed by atoms with Crippen LogP contribution in [0.4, 0.5) is 4.79 Å². The van der Waals surface area contributed by atoms with Crippen molar-refractivity contribution in [3.05, 3.63) is 11.6 Å². The minimum atomic E-state index is -1.09. The van der Waals surface area contributed by atoms with Crippen molar-refractivity contribution in [2.24, 2.45) is 0 Å². The smallest absolute Gasteiger partial charge is 0.407 e. The lowest BCUT2D eigenvalue weighted by Gasteiger charge is -2.22. The highest BCUT2D eigenvalue weighted by Crippen LogP contribution is 2.20. The van der Waals surface area contributed by atoms with Crippen molar-refractivity contribution in [1.82, 2.24) is 5.32 Å². The number of nitrogens with one attached hydrogen (secondary N) is 1. The summed E-state index contributed by atoms with van der Waals surface area (Å²) < 4.78 is 5.01. The molecule has 0 fully saturated rings. The maximum atomic E-state index is 11.4. The molecule has 0 aromatic heterocycles. The van der Waals surface area contributed by atoms with E-state index in [0.717, 1.165) is 0 Å². The van der Waals surface area contributed by atoms with Crippen molar-refractivity contribution in [2.75, 3.05) is 0 Å². The Morgan fingerprint density at radius 1 is 1.47 bits per heavy atom. The molecule has 0 saturated heterocycles. The highest BCUT2D eigenvalue weighted by Gasteiger charge is 2.31. The zero-order valence-electron chi connectivity index (χ0n) is 10.1. The molecule has 96 valence electrons. The average Bonchev–Trinajstić information content (AvgIpc) is 2.44. The van der Waals surface area contributed by atoms with Crippen LogP contribution in [0.25, 0.3) is 0 Å². The summed E-state index contributed by atoms with van der Waals surface area (Å²) in [5, 5.41) is 20.7. The summed E-state index contributed by atoms with van der Waals surface area (Å²) in [6.45, 7) is 5.16. The highest BCUT2D eigenvalue weighted by atomic mass is 16.6. The van der Waals surface area contributed by atoms with Crippen LogP contribution >= 0.6 is 0 Å². The summed E-state index contributed by atoms with van der Waals surface area (Å²) in [6.07, 6.45) is -0.338. The molecule has 2 atom stereocenters. The summed E-state index contributed by atoms with van der Waals surface area (Å²) in [4.78, 5) is 22.1. The Balaban J connectivity index is 2.51. The zero-order chi connectivity index (χ0) is 13.2. The molecule has 6 nitrogen and oxygen atoms in total. The lowest BCUT2D eigenvalue weighted by molar-refractivity contribution is -0.132. The fourth-order valence-corrected chi connectivity index (χ4v) is 1.50. The molecule has 1 aliphatic rings. The molecule has 1 amide bonds. The molecule has 0 bridgehead atoms. The fourth-order valence-electron chi connectivity index (χ4n) is 1.50. The Bertz CT molecular complexity index is 355. The van der Waals surface area contributed by atoms with E-state index in [1.807, 2.05) is 0 Å². The molecule has 0 aromatic rings. The molecule has 0 heterocycles. The molecule has 17 heavy (non-hydrogen) atoms. The van der Waals surface area contributed by atoms with Gasteiger partial charge in [-0.15, -0.1) is 0 Å². The number of carboxylic acids is 1. The zero-order valence-corrected chi connectivity index (χ0v) is 10.1. The van der Waals surface area contributed by atoms with Crippen LogP contribution in [-0.2, 0) is 9.53 Å². The van der Waals surface area contributed by atoms with Gasteiger partial charge in [-0.1, -0.05) is 0 Å². The molecular weight excluding hydrogens is 226 g/mol. The van der Waals surface area contributed by atoms with Gasteiger partial charge in [-0.25, -0.2) is 9.59 Å². The van der Waals surface area contributed by atoms with Crippen LogP contribution < -0.4 is 5.32 Å². The number of hydrogen-bond donors (Lipinski definition) is 3. The van der Waals surface area contributed by atoms with Gasteiger partial charge in [0.2, 0.25) is 0 Å². The molecule has 1 rings (SSSR count). The van der Waals surface area contributed by atoms with E-state index in [0.29, 0.717) is 0 Å². The van der Waals surface area contributed by atoms with Crippen LogP contribution in [0.5, 0.6) is 0 Å². The minimum absolute atomic E-state index is 0.0930. The van der Waals surface area contributed by atoms with Crippen molar-refractivity contribution in [2.45, 2.75) is 44.9 Å². The Hall–Kier alpha value is -1.56. The number of ether oxygens (including phenoxy) is 1. The average molecular weight is 243 g/mol. The third-order valence-corrected chi connectivity index (χ3v) is 2.20. The number of aliphatic carboxylic acids is 1. The van der Waals surface area contributed by atoms with Gasteiger partial charge in [0.25, 0.3) is 0 Å². The Morgan fingerprint density at radius 3 is 2.47 bits per heavy atom. The quantitative estimate of drug-likeness (QED) is 0.662. The third-order valence-electron chi connectivity index (χ3n) is 2.20. The number of aliphatic hydroxyl groups is 1. The Kier molecular flexibility index (Phi) is 3.77. The summed E-state index contributed by atoms with van der Waals surface area (Å²) in [6, 6.07) is -0.643. The molecule has 1 aliphatic carbocycles. The molecule has 0 unspecified atom stereocenters. The number of carboxylic acid groups (broad SMARTS) is 1. The van der Waals surface area contributed by atoms with E-state index in [1.54, 1.807) is 20.8 Å². The van der Waals surface area contributed by atoms with Gasteiger partial charge in [-0.05, 0) is 26.8 Å². The van der Waals surface area contributed by atoms with Gasteiger partial charge < -0.3 is 20.3 Å². The van der Waals surface area contributed by atoms with Crippen LogP contribution in [0, 0.1) is 0 Å². The molecule has 0 radical (unpaired) electrons. The van der Waals surface area contributed by atoms with E-state index >= 15 is 0 Å². The fraction of sp³-hybridized carbons (Fsp3) is 0.636. The number of aliphatic hydroxyl groups excluding tert-OH is 1. The van der Waals surface area contributed by atoms with Gasteiger partial charge >= 0.3 is 12.1 Å². The number of alkyl carbamates (subject to hydrolysis) is 1. The van der Waals surface area contributed by atoms with Crippen molar-refractivity contribution in [3.63, 3.8) is 0 Å². The van der Waals surface area contributed by atoms with E-state index < -0.39 is 29.8 Å². The first-order chi connectivity index (χ1) is 7.69. The van der Waals surface area contributed by atoms with Gasteiger partial charge in [-0.3, -0.25) is 0 Å². The molecule has 0 aromatic carbocycles. The van der Waals surface area contributed by atoms with Crippen molar-refractivity contribution < 1.29 is 24.5 Å². The number of carbonyl (C=O) groups excluding carboxylic acids is 1. The second-order valence-electron chi connectivity index (χ2n) is 4.94. The number of amides is 1. The van der Waals surface area contributed by atoms with Crippen molar-refractivity contribution in [1.29, 1.82) is 0 Å². The predicted octanol–water partition coefficient (Wildman–Crippen LogP) is 0.655. The number of rotatable bonds is 2. The summed E-state index contributed by atoms with van der Waals surface area (Å²) in [5.74, 6) is -1.09. The van der Waals surface area contributed by atoms with Crippen LogP contribution in [0.1, 0.15) is 27.2 Å². The number of carbonyl (C=O) groups is 2.